The molecule has 3 heteroatoms. The molecule has 3 fully saturated rings. The topological polar surface area (TPSA) is 4.44 Å². The lowest BCUT2D eigenvalue weighted by molar-refractivity contribution is -0.914. The van der Waals surface area contributed by atoms with Crippen LogP contribution in [0.25, 0.3) is 0 Å². The third-order valence-corrected chi connectivity index (χ3v) is 3.50. The molecule has 0 aromatic heterocycles. The van der Waals surface area contributed by atoms with E-state index < -0.39 is 0 Å². The van der Waals surface area contributed by atoms with Crippen molar-refractivity contribution < 1.29 is 21.9 Å². The van der Waals surface area contributed by atoms with Crippen LogP contribution in [0.5, 0.6) is 0 Å². The van der Waals surface area contributed by atoms with Crippen molar-refractivity contribution in [1.29, 1.82) is 0 Å². The monoisotopic (exact) mass is 223 g/mol. The minimum absolute atomic E-state index is 0. The number of hydrogen-bond acceptors (Lipinski definition) is 1. The molecule has 3 aliphatic rings. The highest BCUT2D eigenvalue weighted by atomic mass is 79.9. The predicted octanol–water partition coefficient (Wildman–Crippen LogP) is -3.26. The fourth-order valence-electron chi connectivity index (χ4n) is 1.98. The first-order valence-corrected chi connectivity index (χ1v) is 4.29. The molecule has 3 aliphatic heterocycles. The number of piperidine rings is 3. The van der Waals surface area contributed by atoms with Crippen LogP contribution in [0, 0.1) is 0 Å². The minimum atomic E-state index is 0. The Kier molecular flexibility index (Phi) is 2.69. The summed E-state index contributed by atoms with van der Waals surface area (Å²) < 4.78 is 0.460. The molecule has 0 radical (unpaired) electrons. The highest BCUT2D eigenvalue weighted by Gasteiger charge is 2.38. The van der Waals surface area contributed by atoms with E-state index in [2.05, 4.69) is 12.6 Å². The van der Waals surface area contributed by atoms with Crippen LogP contribution < -0.4 is 21.9 Å². The van der Waals surface area contributed by atoms with E-state index in [0.29, 0.717) is 4.75 Å². The summed E-state index contributed by atoms with van der Waals surface area (Å²) in [6.45, 7) is 4.14. The van der Waals surface area contributed by atoms with E-state index in [-0.39, 0.29) is 17.0 Å². The molecule has 3 heterocycles. The maximum atomic E-state index is 4.67. The number of rotatable bonds is 0. The first kappa shape index (κ1) is 8.88. The maximum Gasteiger partial charge on any atom is 0.0784 e. The normalized spacial score (nSPS) is 44.7. The SMILES string of the molecule is SC12CC[NH+](CC1)CC2.[Br-]. The summed E-state index contributed by atoms with van der Waals surface area (Å²) >= 11 is 4.67. The van der Waals surface area contributed by atoms with Crippen molar-refractivity contribution >= 4 is 12.6 Å². The van der Waals surface area contributed by atoms with E-state index in [0.717, 1.165) is 0 Å². The summed E-state index contributed by atoms with van der Waals surface area (Å²) in [5, 5.41) is 0. The molecule has 10 heavy (non-hydrogen) atoms. The zero-order valence-electron chi connectivity index (χ0n) is 6.07. The molecule has 1 nitrogen and oxygen atoms in total. The third kappa shape index (κ3) is 1.51. The fraction of sp³-hybridized carbons (Fsp3) is 1.00. The Morgan fingerprint density at radius 1 is 1.00 bits per heavy atom. The van der Waals surface area contributed by atoms with Gasteiger partial charge in [-0.3, -0.25) is 0 Å². The lowest BCUT2D eigenvalue weighted by Gasteiger charge is -2.42. The summed E-state index contributed by atoms with van der Waals surface area (Å²) in [7, 11) is 0. The van der Waals surface area contributed by atoms with Gasteiger partial charge >= 0.3 is 0 Å². The quantitative estimate of drug-likeness (QED) is 0.398. The molecule has 2 bridgehead atoms. The molecular weight excluding hydrogens is 210 g/mol. The van der Waals surface area contributed by atoms with Gasteiger partial charge in [0.15, 0.2) is 0 Å². The minimum Gasteiger partial charge on any atom is -1.00 e. The molecule has 60 valence electrons. The van der Waals surface area contributed by atoms with E-state index in [4.69, 9.17) is 0 Å². The van der Waals surface area contributed by atoms with Gasteiger partial charge in [-0.15, -0.1) is 0 Å². The summed E-state index contributed by atoms with van der Waals surface area (Å²) in [5.41, 5.74) is 0. The van der Waals surface area contributed by atoms with E-state index in [1.54, 1.807) is 0 Å². The molecule has 0 unspecified atom stereocenters. The number of hydrogen-bond donors (Lipinski definition) is 2. The van der Waals surface area contributed by atoms with Gasteiger partial charge < -0.3 is 21.9 Å². The second kappa shape index (κ2) is 3.03. The molecule has 0 saturated carbocycles. The van der Waals surface area contributed by atoms with E-state index in [1.807, 2.05) is 4.90 Å². The Balaban J connectivity index is 0.000000500. The van der Waals surface area contributed by atoms with Gasteiger partial charge in [0.25, 0.3) is 0 Å². The second-order valence-electron chi connectivity index (χ2n) is 3.47. The van der Waals surface area contributed by atoms with Crippen molar-refractivity contribution in [2.75, 3.05) is 19.6 Å². The first-order valence-electron chi connectivity index (χ1n) is 3.84. The zero-order chi connectivity index (χ0) is 6.32. The predicted molar refractivity (Wildman–Crippen MR) is 41.1 cm³/mol. The van der Waals surface area contributed by atoms with Crippen molar-refractivity contribution in [3.8, 4) is 0 Å². The molecule has 3 rings (SSSR count). The summed E-state index contributed by atoms with van der Waals surface area (Å²) in [4.78, 5) is 1.81. The van der Waals surface area contributed by atoms with Gasteiger partial charge in [-0.25, -0.2) is 0 Å². The summed E-state index contributed by atoms with van der Waals surface area (Å²) in [6.07, 6.45) is 4.06. The molecule has 1 N–H and O–H groups in total. The lowest BCUT2D eigenvalue weighted by atomic mass is 9.87. The highest BCUT2D eigenvalue weighted by Crippen LogP contribution is 2.30. The summed E-state index contributed by atoms with van der Waals surface area (Å²) in [6, 6.07) is 0. The molecule has 0 spiro atoms. The fourth-order valence-corrected chi connectivity index (χ4v) is 2.31. The van der Waals surface area contributed by atoms with Crippen LogP contribution >= 0.6 is 12.6 Å². The van der Waals surface area contributed by atoms with Gasteiger partial charge in [0.2, 0.25) is 0 Å². The number of quaternary nitrogens is 1. The lowest BCUT2D eigenvalue weighted by Crippen LogP contribution is -3.15. The molecular formula is C7H14BrNS. The van der Waals surface area contributed by atoms with E-state index in [9.17, 15) is 0 Å². The molecule has 0 aliphatic carbocycles. The number of fused-ring (bicyclic) bond motifs is 3. The zero-order valence-corrected chi connectivity index (χ0v) is 8.55. The molecule has 0 aromatic rings. The Hall–Kier alpha value is 0.790. The molecule has 0 amide bonds. The standard InChI is InChI=1S/C7H13NS.BrH/c9-7-1-4-8(5-2-7)6-3-7;/h9H,1-6H2;1H. The average Bonchev–Trinajstić information content (AvgIpc) is 1.90. The van der Waals surface area contributed by atoms with Gasteiger partial charge in [0, 0.05) is 24.0 Å². The van der Waals surface area contributed by atoms with E-state index >= 15 is 0 Å². The Morgan fingerprint density at radius 3 is 1.60 bits per heavy atom. The van der Waals surface area contributed by atoms with Crippen LogP contribution in [0.2, 0.25) is 0 Å². The number of thiol groups is 1. The van der Waals surface area contributed by atoms with Crippen molar-refractivity contribution in [1.82, 2.24) is 0 Å². The number of nitrogens with one attached hydrogen (secondary N) is 1. The van der Waals surface area contributed by atoms with Crippen molar-refractivity contribution in [3.05, 3.63) is 0 Å². The van der Waals surface area contributed by atoms with Crippen molar-refractivity contribution in [2.45, 2.75) is 24.0 Å². The molecule has 0 aromatic carbocycles. The van der Waals surface area contributed by atoms with Gasteiger partial charge in [-0.2, -0.15) is 12.6 Å². The van der Waals surface area contributed by atoms with Crippen LogP contribution in [0.3, 0.4) is 0 Å². The van der Waals surface area contributed by atoms with Crippen LogP contribution in [-0.2, 0) is 0 Å². The average molecular weight is 224 g/mol. The largest absolute Gasteiger partial charge is 1.00 e. The van der Waals surface area contributed by atoms with E-state index in [1.165, 1.54) is 38.9 Å². The number of halogens is 1. The Morgan fingerprint density at radius 2 is 1.40 bits per heavy atom. The maximum absolute atomic E-state index is 4.67. The van der Waals surface area contributed by atoms with Gasteiger partial charge in [0.1, 0.15) is 0 Å². The molecule has 3 saturated heterocycles. The van der Waals surface area contributed by atoms with Gasteiger partial charge in [-0.05, 0) is 0 Å². The smallest absolute Gasteiger partial charge is 0.0784 e. The van der Waals surface area contributed by atoms with Crippen LogP contribution in [0.15, 0.2) is 0 Å². The van der Waals surface area contributed by atoms with Gasteiger partial charge in [0.05, 0.1) is 19.6 Å². The van der Waals surface area contributed by atoms with Gasteiger partial charge in [-0.1, -0.05) is 0 Å². The van der Waals surface area contributed by atoms with Crippen LogP contribution in [-0.4, -0.2) is 24.4 Å². The van der Waals surface area contributed by atoms with Crippen molar-refractivity contribution in [3.63, 3.8) is 0 Å². The van der Waals surface area contributed by atoms with Crippen molar-refractivity contribution in [2.24, 2.45) is 0 Å². The summed E-state index contributed by atoms with van der Waals surface area (Å²) in [5.74, 6) is 0. The third-order valence-electron chi connectivity index (χ3n) is 2.83. The molecule has 0 atom stereocenters. The second-order valence-corrected chi connectivity index (χ2v) is 4.42. The van der Waals surface area contributed by atoms with Crippen LogP contribution in [0.1, 0.15) is 19.3 Å². The Bertz CT molecular complexity index is 107. The van der Waals surface area contributed by atoms with Crippen LogP contribution in [0.4, 0.5) is 0 Å². The Labute approximate surface area is 78.3 Å². The highest BCUT2D eigenvalue weighted by molar-refractivity contribution is 7.81. The first-order chi connectivity index (χ1) is 4.29.